The Morgan fingerprint density at radius 3 is 2.92 bits per heavy atom. The Kier molecular flexibility index (Phi) is 2.63. The van der Waals surface area contributed by atoms with Crippen LogP contribution in [-0.2, 0) is 4.79 Å². The lowest BCUT2D eigenvalue weighted by atomic mass is 9.93. The van der Waals surface area contributed by atoms with E-state index in [1.165, 1.54) is 6.08 Å². The molecule has 1 aliphatic rings. The van der Waals surface area contributed by atoms with Gasteiger partial charge in [-0.2, -0.15) is 0 Å². The summed E-state index contributed by atoms with van der Waals surface area (Å²) in [5.41, 5.74) is 0.788. The third-order valence-electron chi connectivity index (χ3n) is 1.90. The minimum atomic E-state index is -0.857. The van der Waals surface area contributed by atoms with Crippen molar-refractivity contribution in [3.63, 3.8) is 0 Å². The van der Waals surface area contributed by atoms with E-state index in [1.807, 2.05) is 0 Å². The van der Waals surface area contributed by atoms with E-state index in [1.54, 1.807) is 13.0 Å². The van der Waals surface area contributed by atoms with Gasteiger partial charge < -0.3 is 5.11 Å². The summed E-state index contributed by atoms with van der Waals surface area (Å²) in [4.78, 5) is 10.3. The predicted molar refractivity (Wildman–Crippen MR) is 43.3 cm³/mol. The standard InChI is InChI=1S/C9H11FO2/c1-6-4-7(5-9(11)12)2-3-8(6)10/h2-3,6H,4-5H2,1H3,(H,11,12). The fourth-order valence-electron chi connectivity index (χ4n) is 1.25. The zero-order valence-electron chi connectivity index (χ0n) is 6.88. The van der Waals surface area contributed by atoms with E-state index in [0.29, 0.717) is 6.42 Å². The van der Waals surface area contributed by atoms with E-state index in [0.717, 1.165) is 5.57 Å². The Labute approximate surface area is 70.4 Å². The smallest absolute Gasteiger partial charge is 0.307 e. The Hall–Kier alpha value is -1.12. The molecule has 12 heavy (non-hydrogen) atoms. The highest BCUT2D eigenvalue weighted by Gasteiger charge is 2.15. The molecule has 0 radical (unpaired) electrons. The van der Waals surface area contributed by atoms with Gasteiger partial charge in [0.05, 0.1) is 6.42 Å². The second kappa shape index (κ2) is 3.52. The maximum atomic E-state index is 12.8. The van der Waals surface area contributed by atoms with Crippen LogP contribution in [0.4, 0.5) is 4.39 Å². The van der Waals surface area contributed by atoms with Crippen LogP contribution in [0.1, 0.15) is 19.8 Å². The number of hydrogen-bond donors (Lipinski definition) is 1. The van der Waals surface area contributed by atoms with Crippen LogP contribution in [0.2, 0.25) is 0 Å². The summed E-state index contributed by atoms with van der Waals surface area (Å²) >= 11 is 0. The van der Waals surface area contributed by atoms with Gasteiger partial charge >= 0.3 is 5.97 Å². The Bertz CT molecular complexity index is 253. The average Bonchev–Trinajstić information content (AvgIpc) is 1.96. The maximum absolute atomic E-state index is 12.8. The largest absolute Gasteiger partial charge is 0.481 e. The molecular formula is C9H11FO2. The number of carbonyl (C=O) groups is 1. The number of halogens is 1. The summed E-state index contributed by atoms with van der Waals surface area (Å²) in [6, 6.07) is 0. The fraction of sp³-hybridized carbons (Fsp3) is 0.444. The lowest BCUT2D eigenvalue weighted by molar-refractivity contribution is -0.136. The molecule has 2 nitrogen and oxygen atoms in total. The predicted octanol–water partition coefficient (Wildman–Crippen LogP) is 2.28. The zero-order chi connectivity index (χ0) is 9.14. The molecule has 0 aromatic heterocycles. The molecule has 3 heteroatoms. The van der Waals surface area contributed by atoms with Gasteiger partial charge in [0.2, 0.25) is 0 Å². The maximum Gasteiger partial charge on any atom is 0.307 e. The molecule has 0 heterocycles. The number of rotatable bonds is 2. The first-order valence-corrected chi connectivity index (χ1v) is 3.86. The first-order chi connectivity index (χ1) is 5.59. The number of hydrogen-bond acceptors (Lipinski definition) is 1. The van der Waals surface area contributed by atoms with E-state index >= 15 is 0 Å². The van der Waals surface area contributed by atoms with Gasteiger partial charge in [-0.3, -0.25) is 4.79 Å². The van der Waals surface area contributed by atoms with Crippen molar-refractivity contribution in [1.82, 2.24) is 0 Å². The second-order valence-electron chi connectivity index (χ2n) is 3.05. The van der Waals surface area contributed by atoms with E-state index in [9.17, 15) is 9.18 Å². The minimum absolute atomic E-state index is 0.0219. The summed E-state index contributed by atoms with van der Waals surface area (Å²) in [5.74, 6) is -1.18. The van der Waals surface area contributed by atoms with Gasteiger partial charge in [-0.05, 0) is 12.5 Å². The number of carboxylic acids is 1. The summed E-state index contributed by atoms with van der Waals surface area (Å²) in [7, 11) is 0. The van der Waals surface area contributed by atoms with Gasteiger partial charge in [0.15, 0.2) is 0 Å². The molecular weight excluding hydrogens is 159 g/mol. The van der Waals surface area contributed by atoms with Crippen molar-refractivity contribution in [2.24, 2.45) is 5.92 Å². The molecule has 1 rings (SSSR count). The molecule has 0 aromatic rings. The summed E-state index contributed by atoms with van der Waals surface area (Å²) in [5, 5.41) is 8.46. The van der Waals surface area contributed by atoms with Gasteiger partial charge in [0, 0.05) is 5.92 Å². The average molecular weight is 170 g/mol. The van der Waals surface area contributed by atoms with Crippen molar-refractivity contribution < 1.29 is 14.3 Å². The summed E-state index contributed by atoms with van der Waals surface area (Å²) < 4.78 is 12.8. The third-order valence-corrected chi connectivity index (χ3v) is 1.90. The molecule has 0 aromatic carbocycles. The monoisotopic (exact) mass is 170 g/mol. The van der Waals surface area contributed by atoms with Gasteiger partial charge in [0.1, 0.15) is 5.83 Å². The normalized spacial score (nSPS) is 23.0. The molecule has 0 saturated carbocycles. The van der Waals surface area contributed by atoms with Gasteiger partial charge in [0.25, 0.3) is 0 Å². The van der Waals surface area contributed by atoms with Crippen LogP contribution in [0, 0.1) is 5.92 Å². The van der Waals surface area contributed by atoms with Crippen LogP contribution in [0.15, 0.2) is 23.6 Å². The van der Waals surface area contributed by atoms with Crippen molar-refractivity contribution in [3.05, 3.63) is 23.6 Å². The van der Waals surface area contributed by atoms with Crippen molar-refractivity contribution in [2.75, 3.05) is 0 Å². The fourth-order valence-corrected chi connectivity index (χ4v) is 1.25. The third kappa shape index (κ3) is 2.19. The van der Waals surface area contributed by atoms with Crippen molar-refractivity contribution in [3.8, 4) is 0 Å². The van der Waals surface area contributed by atoms with Crippen molar-refractivity contribution in [2.45, 2.75) is 19.8 Å². The highest BCUT2D eigenvalue weighted by atomic mass is 19.1. The lowest BCUT2D eigenvalue weighted by Crippen LogP contribution is -2.06. The Balaban J connectivity index is 2.64. The highest BCUT2D eigenvalue weighted by molar-refractivity contribution is 5.70. The van der Waals surface area contributed by atoms with E-state index in [4.69, 9.17) is 5.11 Å². The van der Waals surface area contributed by atoms with Crippen molar-refractivity contribution >= 4 is 5.97 Å². The molecule has 0 fully saturated rings. The molecule has 0 spiro atoms. The van der Waals surface area contributed by atoms with Crippen molar-refractivity contribution in [1.29, 1.82) is 0 Å². The van der Waals surface area contributed by atoms with Crippen LogP contribution >= 0.6 is 0 Å². The summed E-state index contributed by atoms with van der Waals surface area (Å²) in [6.07, 6.45) is 3.46. The number of aliphatic carboxylic acids is 1. The molecule has 1 aliphatic carbocycles. The Morgan fingerprint density at radius 1 is 1.75 bits per heavy atom. The topological polar surface area (TPSA) is 37.3 Å². The molecule has 1 unspecified atom stereocenters. The van der Waals surface area contributed by atoms with E-state index in [2.05, 4.69) is 0 Å². The molecule has 0 amide bonds. The van der Waals surface area contributed by atoms with Crippen LogP contribution in [0.25, 0.3) is 0 Å². The molecule has 1 atom stereocenters. The SMILES string of the molecule is CC1CC(CC(=O)O)=CC=C1F. The first kappa shape index (κ1) is 8.97. The van der Waals surface area contributed by atoms with Gasteiger partial charge in [-0.25, -0.2) is 4.39 Å². The van der Waals surface area contributed by atoms with E-state index < -0.39 is 5.97 Å². The van der Waals surface area contributed by atoms with Crippen LogP contribution < -0.4 is 0 Å². The van der Waals surface area contributed by atoms with Gasteiger partial charge in [-0.1, -0.05) is 18.6 Å². The zero-order valence-corrected chi connectivity index (χ0v) is 6.88. The summed E-state index contributed by atoms with van der Waals surface area (Å²) in [6.45, 7) is 1.75. The molecule has 0 bridgehead atoms. The highest BCUT2D eigenvalue weighted by Crippen LogP contribution is 2.26. The minimum Gasteiger partial charge on any atom is -0.481 e. The quantitative estimate of drug-likeness (QED) is 0.690. The number of allylic oxidation sites excluding steroid dienone is 3. The molecule has 66 valence electrons. The van der Waals surface area contributed by atoms with Crippen LogP contribution in [0.3, 0.4) is 0 Å². The first-order valence-electron chi connectivity index (χ1n) is 3.86. The number of carboxylic acid groups (broad SMARTS) is 1. The molecule has 1 N–H and O–H groups in total. The molecule has 0 aliphatic heterocycles. The Morgan fingerprint density at radius 2 is 2.42 bits per heavy atom. The van der Waals surface area contributed by atoms with Crippen LogP contribution in [0.5, 0.6) is 0 Å². The molecule has 0 saturated heterocycles. The second-order valence-corrected chi connectivity index (χ2v) is 3.05. The van der Waals surface area contributed by atoms with Crippen LogP contribution in [-0.4, -0.2) is 11.1 Å². The van der Waals surface area contributed by atoms with Gasteiger partial charge in [-0.15, -0.1) is 0 Å². The van der Waals surface area contributed by atoms with E-state index in [-0.39, 0.29) is 18.2 Å². The lowest BCUT2D eigenvalue weighted by Gasteiger charge is -2.14.